The molecule has 0 saturated carbocycles. The molecule has 3 heterocycles. The SMILES string of the molecule is CN(Cc1ccccc1)c1nc2cnn(Cc3cc(-c4ccc(C(F)(F)F)cc4C(F)(F)F)no3)cc-2n1. The van der Waals surface area contributed by atoms with Crippen LogP contribution < -0.4 is 4.90 Å². The second kappa shape index (κ2) is 9.47. The van der Waals surface area contributed by atoms with Crippen LogP contribution in [0, 0.1) is 0 Å². The number of benzene rings is 2. The van der Waals surface area contributed by atoms with Crippen molar-refractivity contribution in [3.05, 3.63) is 89.4 Å². The number of anilines is 1. The van der Waals surface area contributed by atoms with Gasteiger partial charge in [0, 0.05) is 25.2 Å². The summed E-state index contributed by atoms with van der Waals surface area (Å²) in [6, 6.07) is 12.4. The minimum absolute atomic E-state index is 0.00697. The predicted molar refractivity (Wildman–Crippen MR) is 124 cm³/mol. The third-order valence-electron chi connectivity index (χ3n) is 5.71. The van der Waals surface area contributed by atoms with Crippen molar-refractivity contribution in [2.75, 3.05) is 11.9 Å². The Balaban J connectivity index is 1.37. The van der Waals surface area contributed by atoms with E-state index in [4.69, 9.17) is 4.52 Å². The van der Waals surface area contributed by atoms with Gasteiger partial charge in [0.05, 0.1) is 23.5 Å². The number of hydrogen-bond acceptors (Lipinski definition) is 6. The summed E-state index contributed by atoms with van der Waals surface area (Å²) in [6.45, 7) is 0.586. The second-order valence-corrected chi connectivity index (χ2v) is 8.54. The zero-order chi connectivity index (χ0) is 27.1. The van der Waals surface area contributed by atoms with E-state index in [2.05, 4.69) is 20.2 Å². The molecular formula is C25H18F6N6O. The number of nitrogens with zero attached hydrogens (tertiary/aromatic N) is 6. The summed E-state index contributed by atoms with van der Waals surface area (Å²) in [4.78, 5) is 10.9. The van der Waals surface area contributed by atoms with E-state index in [1.54, 1.807) is 6.20 Å². The van der Waals surface area contributed by atoms with Crippen molar-refractivity contribution in [2.45, 2.75) is 25.4 Å². The lowest BCUT2D eigenvalue weighted by atomic mass is 10.0. The molecule has 2 aliphatic heterocycles. The summed E-state index contributed by atoms with van der Waals surface area (Å²) >= 11 is 0. The van der Waals surface area contributed by atoms with Crippen molar-refractivity contribution in [1.29, 1.82) is 0 Å². The predicted octanol–water partition coefficient (Wildman–Crippen LogP) is 6.16. The Morgan fingerprint density at radius 3 is 2.32 bits per heavy atom. The van der Waals surface area contributed by atoms with Crippen LogP contribution in [-0.2, 0) is 25.4 Å². The van der Waals surface area contributed by atoms with Crippen molar-refractivity contribution in [2.24, 2.45) is 0 Å². The molecule has 2 aliphatic rings. The maximum absolute atomic E-state index is 13.5. The number of alkyl halides is 6. The molecule has 0 radical (unpaired) electrons. The molecule has 0 spiro atoms. The second-order valence-electron chi connectivity index (χ2n) is 8.54. The lowest BCUT2D eigenvalue weighted by molar-refractivity contribution is -0.142. The van der Waals surface area contributed by atoms with Crippen molar-refractivity contribution in [3.63, 3.8) is 0 Å². The van der Waals surface area contributed by atoms with Crippen molar-refractivity contribution in [3.8, 4) is 22.6 Å². The monoisotopic (exact) mass is 532 g/mol. The van der Waals surface area contributed by atoms with Gasteiger partial charge in [-0.05, 0) is 17.7 Å². The molecule has 196 valence electrons. The number of imidazole rings is 1. The fourth-order valence-corrected chi connectivity index (χ4v) is 3.89. The van der Waals surface area contributed by atoms with E-state index in [1.165, 1.54) is 16.9 Å². The van der Waals surface area contributed by atoms with Gasteiger partial charge in [0.25, 0.3) is 0 Å². The Morgan fingerprint density at radius 2 is 1.61 bits per heavy atom. The third kappa shape index (κ3) is 5.31. The largest absolute Gasteiger partial charge is 0.417 e. The highest BCUT2D eigenvalue weighted by atomic mass is 19.4. The highest BCUT2D eigenvalue weighted by Gasteiger charge is 2.39. The van der Waals surface area contributed by atoms with E-state index in [-0.39, 0.29) is 24.1 Å². The Hall–Kier alpha value is -4.42. The maximum atomic E-state index is 13.5. The first kappa shape index (κ1) is 25.2. The summed E-state index contributed by atoms with van der Waals surface area (Å²) in [5.74, 6) is 0.637. The van der Waals surface area contributed by atoms with E-state index >= 15 is 0 Å². The summed E-state index contributed by atoms with van der Waals surface area (Å²) in [5, 5.41) is 7.89. The normalized spacial score (nSPS) is 12.3. The zero-order valence-corrected chi connectivity index (χ0v) is 19.6. The fourth-order valence-electron chi connectivity index (χ4n) is 3.89. The molecule has 1 aromatic heterocycles. The lowest BCUT2D eigenvalue weighted by Gasteiger charge is -2.14. The Labute approximate surface area is 211 Å². The Kier molecular flexibility index (Phi) is 6.29. The van der Waals surface area contributed by atoms with E-state index in [9.17, 15) is 26.3 Å². The minimum Gasteiger partial charge on any atom is -0.359 e. The maximum Gasteiger partial charge on any atom is 0.417 e. The summed E-state index contributed by atoms with van der Waals surface area (Å²) in [5.41, 5.74) is -1.47. The summed E-state index contributed by atoms with van der Waals surface area (Å²) in [6.07, 6.45) is -6.85. The van der Waals surface area contributed by atoms with Crippen LogP contribution in [0.15, 0.2) is 71.5 Å². The van der Waals surface area contributed by atoms with Crippen molar-refractivity contribution in [1.82, 2.24) is 24.9 Å². The van der Waals surface area contributed by atoms with Gasteiger partial charge in [-0.2, -0.15) is 31.4 Å². The van der Waals surface area contributed by atoms with Crippen LogP contribution in [0.1, 0.15) is 22.5 Å². The molecule has 0 N–H and O–H groups in total. The van der Waals surface area contributed by atoms with E-state index in [0.717, 1.165) is 11.6 Å². The smallest absolute Gasteiger partial charge is 0.359 e. The molecule has 2 aromatic carbocycles. The molecule has 7 nitrogen and oxygen atoms in total. The van der Waals surface area contributed by atoms with Crippen LogP contribution in [0.4, 0.5) is 32.3 Å². The van der Waals surface area contributed by atoms with E-state index in [1.807, 2.05) is 42.3 Å². The molecule has 0 fully saturated rings. The van der Waals surface area contributed by atoms with Gasteiger partial charge in [0.1, 0.15) is 23.6 Å². The van der Waals surface area contributed by atoms with E-state index in [0.29, 0.717) is 29.9 Å². The average molecular weight is 532 g/mol. The van der Waals surface area contributed by atoms with Gasteiger partial charge in [-0.3, -0.25) is 4.68 Å². The van der Waals surface area contributed by atoms with Gasteiger partial charge in [-0.15, -0.1) is 0 Å². The van der Waals surface area contributed by atoms with Crippen molar-refractivity contribution >= 4 is 5.95 Å². The first-order chi connectivity index (χ1) is 18.0. The van der Waals surface area contributed by atoms with Gasteiger partial charge in [-0.1, -0.05) is 41.6 Å². The molecule has 0 aliphatic carbocycles. The summed E-state index contributed by atoms with van der Waals surface area (Å²) in [7, 11) is 1.86. The number of hydrogen-bond donors (Lipinski definition) is 0. The molecule has 0 unspecified atom stereocenters. The minimum atomic E-state index is -5.03. The molecule has 13 heteroatoms. The quantitative estimate of drug-likeness (QED) is 0.244. The molecule has 38 heavy (non-hydrogen) atoms. The topological polar surface area (TPSA) is 72.9 Å². The van der Waals surface area contributed by atoms with Gasteiger partial charge < -0.3 is 9.42 Å². The van der Waals surface area contributed by atoms with Crippen molar-refractivity contribution < 1.29 is 30.9 Å². The number of aromatic nitrogens is 5. The van der Waals surface area contributed by atoms with Crippen LogP contribution in [0.3, 0.4) is 0 Å². The molecular weight excluding hydrogens is 514 g/mol. The lowest BCUT2D eigenvalue weighted by Crippen LogP contribution is -2.17. The molecule has 0 bridgehead atoms. The van der Waals surface area contributed by atoms with Gasteiger partial charge in [0.2, 0.25) is 5.95 Å². The van der Waals surface area contributed by atoms with Gasteiger partial charge in [-0.25, -0.2) is 9.97 Å². The van der Waals surface area contributed by atoms with E-state index < -0.39 is 29.0 Å². The first-order valence-electron chi connectivity index (χ1n) is 11.2. The van der Waals surface area contributed by atoms with Gasteiger partial charge >= 0.3 is 12.4 Å². The highest BCUT2D eigenvalue weighted by molar-refractivity contribution is 5.65. The first-order valence-corrected chi connectivity index (χ1v) is 11.2. The number of rotatable bonds is 6. The number of fused-ring (bicyclic) bond motifs is 1. The molecule has 0 atom stereocenters. The average Bonchev–Trinajstić information content (AvgIpc) is 3.50. The summed E-state index contributed by atoms with van der Waals surface area (Å²) < 4.78 is 86.1. The fraction of sp³-hybridized carbons (Fsp3) is 0.200. The molecule has 0 saturated heterocycles. The van der Waals surface area contributed by atoms with Crippen LogP contribution >= 0.6 is 0 Å². The third-order valence-corrected chi connectivity index (χ3v) is 5.71. The Bertz CT molecular complexity index is 1530. The van der Waals surface area contributed by atoms with Crippen LogP contribution in [0.25, 0.3) is 22.6 Å². The van der Waals surface area contributed by atoms with Crippen LogP contribution in [0.2, 0.25) is 0 Å². The molecule has 3 aromatic rings. The highest BCUT2D eigenvalue weighted by Crippen LogP contribution is 2.40. The van der Waals surface area contributed by atoms with Crippen LogP contribution in [-0.4, -0.2) is 32.0 Å². The zero-order valence-electron chi connectivity index (χ0n) is 19.6. The Morgan fingerprint density at radius 1 is 0.868 bits per heavy atom. The standard InChI is InChI=1S/C25H18F6N6O/c1-36(12-15-5-3-2-4-6-15)23-33-21-11-32-37(14-22(21)34-23)13-17-10-20(35-38-17)18-8-7-16(24(26,27)28)9-19(18)25(29,30)31/h2-11,14H,12-13H2,1H3. The van der Waals surface area contributed by atoms with Crippen LogP contribution in [0.5, 0.6) is 0 Å². The molecule has 5 rings (SSSR count). The van der Waals surface area contributed by atoms with Gasteiger partial charge in [0.15, 0.2) is 5.76 Å². The molecule has 0 amide bonds. The number of halogens is 6.